The maximum absolute atomic E-state index is 5.98. The van der Waals surface area contributed by atoms with E-state index in [0.29, 0.717) is 5.02 Å². The highest BCUT2D eigenvalue weighted by Crippen LogP contribution is 2.31. The molecule has 0 saturated heterocycles. The Bertz CT molecular complexity index is 754. The van der Waals surface area contributed by atoms with Crippen LogP contribution in [0.1, 0.15) is 0 Å². The van der Waals surface area contributed by atoms with Crippen molar-refractivity contribution < 1.29 is 4.74 Å². The zero-order valence-electron chi connectivity index (χ0n) is 10.1. The standard InChI is InChI=1S/C14H10BrClN2O/c1-19-9-3-4-11(15)10(7-9)14-17-12-5-2-8(16)6-13(12)18-14/h2-7H,1H3,(H,17,18). The average molecular weight is 338 g/mol. The number of rotatable bonds is 2. The summed E-state index contributed by atoms with van der Waals surface area (Å²) >= 11 is 9.50. The number of hydrogen-bond acceptors (Lipinski definition) is 2. The second-order valence-electron chi connectivity index (χ2n) is 4.09. The molecule has 3 aromatic rings. The van der Waals surface area contributed by atoms with E-state index in [4.69, 9.17) is 16.3 Å². The Morgan fingerprint density at radius 3 is 2.84 bits per heavy atom. The van der Waals surface area contributed by atoms with E-state index in [1.165, 1.54) is 0 Å². The van der Waals surface area contributed by atoms with Gasteiger partial charge >= 0.3 is 0 Å². The Kier molecular flexibility index (Phi) is 3.21. The van der Waals surface area contributed by atoms with E-state index in [1.807, 2.05) is 36.4 Å². The lowest BCUT2D eigenvalue weighted by atomic mass is 10.2. The molecular weight excluding hydrogens is 328 g/mol. The number of H-pyrrole nitrogens is 1. The van der Waals surface area contributed by atoms with Crippen molar-refractivity contribution in [2.45, 2.75) is 0 Å². The number of fused-ring (bicyclic) bond motifs is 1. The number of benzene rings is 2. The van der Waals surface area contributed by atoms with Crippen LogP contribution in [0.3, 0.4) is 0 Å². The lowest BCUT2D eigenvalue weighted by Gasteiger charge is -2.04. The van der Waals surface area contributed by atoms with Gasteiger partial charge in [0.1, 0.15) is 11.6 Å². The van der Waals surface area contributed by atoms with Gasteiger partial charge in [-0.1, -0.05) is 27.5 Å². The third-order valence-electron chi connectivity index (χ3n) is 2.87. The smallest absolute Gasteiger partial charge is 0.139 e. The first kappa shape index (κ1) is 12.5. The summed E-state index contributed by atoms with van der Waals surface area (Å²) in [5.41, 5.74) is 2.75. The van der Waals surface area contributed by atoms with E-state index >= 15 is 0 Å². The molecule has 1 N–H and O–H groups in total. The van der Waals surface area contributed by atoms with Gasteiger partial charge in [0, 0.05) is 15.1 Å². The zero-order chi connectivity index (χ0) is 13.4. The molecule has 0 atom stereocenters. The number of methoxy groups -OCH3 is 1. The second kappa shape index (κ2) is 4.87. The van der Waals surface area contributed by atoms with E-state index in [1.54, 1.807) is 7.11 Å². The topological polar surface area (TPSA) is 37.9 Å². The minimum absolute atomic E-state index is 0.687. The first-order valence-electron chi connectivity index (χ1n) is 5.66. The molecule has 0 bridgehead atoms. The predicted molar refractivity (Wildman–Crippen MR) is 80.8 cm³/mol. The molecule has 0 fully saturated rings. The molecule has 0 unspecified atom stereocenters. The molecule has 19 heavy (non-hydrogen) atoms. The SMILES string of the molecule is COc1ccc(Br)c(-c2nc3ccc(Cl)cc3[nH]2)c1. The predicted octanol–water partition coefficient (Wildman–Crippen LogP) is 4.65. The minimum Gasteiger partial charge on any atom is -0.497 e. The van der Waals surface area contributed by atoms with E-state index in [9.17, 15) is 0 Å². The van der Waals surface area contributed by atoms with Crippen LogP contribution in [0.4, 0.5) is 0 Å². The van der Waals surface area contributed by atoms with Crippen molar-refractivity contribution in [1.29, 1.82) is 0 Å². The number of nitrogens with zero attached hydrogens (tertiary/aromatic N) is 1. The van der Waals surface area contributed by atoms with Gasteiger partial charge in [0.05, 0.1) is 18.1 Å². The van der Waals surface area contributed by atoms with Crippen LogP contribution in [-0.2, 0) is 0 Å². The van der Waals surface area contributed by atoms with Gasteiger partial charge in [-0.05, 0) is 36.4 Å². The van der Waals surface area contributed by atoms with Gasteiger partial charge < -0.3 is 9.72 Å². The van der Waals surface area contributed by atoms with Crippen LogP contribution < -0.4 is 4.74 Å². The van der Waals surface area contributed by atoms with Crippen molar-refractivity contribution in [3.8, 4) is 17.1 Å². The summed E-state index contributed by atoms with van der Waals surface area (Å²) in [7, 11) is 1.64. The molecule has 96 valence electrons. The number of nitrogens with one attached hydrogen (secondary N) is 1. The highest BCUT2D eigenvalue weighted by atomic mass is 79.9. The Hall–Kier alpha value is -1.52. The molecule has 0 radical (unpaired) electrons. The minimum atomic E-state index is 0.687. The highest BCUT2D eigenvalue weighted by Gasteiger charge is 2.10. The summed E-state index contributed by atoms with van der Waals surface area (Å²) < 4.78 is 6.20. The first-order valence-corrected chi connectivity index (χ1v) is 6.83. The van der Waals surface area contributed by atoms with Crippen molar-refractivity contribution in [2.75, 3.05) is 7.11 Å². The molecule has 5 heteroatoms. The van der Waals surface area contributed by atoms with Gasteiger partial charge in [0.25, 0.3) is 0 Å². The fourth-order valence-corrected chi connectivity index (χ4v) is 2.53. The van der Waals surface area contributed by atoms with Crippen molar-refractivity contribution in [3.63, 3.8) is 0 Å². The van der Waals surface area contributed by atoms with E-state index in [0.717, 1.165) is 32.6 Å². The third-order valence-corrected chi connectivity index (χ3v) is 3.80. The van der Waals surface area contributed by atoms with Crippen molar-refractivity contribution >= 4 is 38.6 Å². The molecule has 0 spiro atoms. The van der Waals surface area contributed by atoms with Crippen LogP contribution in [0.5, 0.6) is 5.75 Å². The van der Waals surface area contributed by atoms with Gasteiger partial charge in [-0.2, -0.15) is 0 Å². The van der Waals surface area contributed by atoms with Gasteiger partial charge in [0.15, 0.2) is 0 Å². The van der Waals surface area contributed by atoms with Crippen LogP contribution in [0.2, 0.25) is 5.02 Å². The Morgan fingerprint density at radius 1 is 1.21 bits per heavy atom. The molecule has 0 saturated carbocycles. The summed E-state index contributed by atoms with van der Waals surface area (Å²) in [5.74, 6) is 1.57. The number of ether oxygens (including phenoxy) is 1. The quantitative estimate of drug-likeness (QED) is 0.739. The fourth-order valence-electron chi connectivity index (χ4n) is 1.92. The largest absolute Gasteiger partial charge is 0.497 e. The first-order chi connectivity index (χ1) is 9.17. The normalized spacial score (nSPS) is 10.9. The Balaban J connectivity index is 2.18. The number of imidazole rings is 1. The Morgan fingerprint density at radius 2 is 2.05 bits per heavy atom. The summed E-state index contributed by atoms with van der Waals surface area (Å²) in [6, 6.07) is 11.4. The lowest BCUT2D eigenvalue weighted by molar-refractivity contribution is 0.415. The zero-order valence-corrected chi connectivity index (χ0v) is 12.4. The van der Waals surface area contributed by atoms with E-state index in [2.05, 4.69) is 25.9 Å². The van der Waals surface area contributed by atoms with Gasteiger partial charge in [-0.25, -0.2) is 4.98 Å². The average Bonchev–Trinajstić information content (AvgIpc) is 2.82. The molecule has 3 rings (SSSR count). The molecular formula is C14H10BrClN2O. The summed E-state index contributed by atoms with van der Waals surface area (Å²) in [6.07, 6.45) is 0. The van der Waals surface area contributed by atoms with Crippen molar-refractivity contribution in [3.05, 3.63) is 45.9 Å². The van der Waals surface area contributed by atoms with Crippen LogP contribution in [0.25, 0.3) is 22.4 Å². The number of aromatic amines is 1. The molecule has 1 heterocycles. The lowest BCUT2D eigenvalue weighted by Crippen LogP contribution is -1.86. The van der Waals surface area contributed by atoms with Crippen molar-refractivity contribution in [1.82, 2.24) is 9.97 Å². The monoisotopic (exact) mass is 336 g/mol. The fraction of sp³-hybridized carbons (Fsp3) is 0.0714. The summed E-state index contributed by atoms with van der Waals surface area (Å²) in [6.45, 7) is 0. The van der Waals surface area contributed by atoms with Gasteiger partial charge in [-0.15, -0.1) is 0 Å². The molecule has 0 aliphatic carbocycles. The van der Waals surface area contributed by atoms with Crippen LogP contribution in [0.15, 0.2) is 40.9 Å². The number of halogens is 2. The van der Waals surface area contributed by atoms with E-state index < -0.39 is 0 Å². The maximum atomic E-state index is 5.98. The molecule has 1 aromatic heterocycles. The Labute approximate surface area is 123 Å². The number of hydrogen-bond donors (Lipinski definition) is 1. The maximum Gasteiger partial charge on any atom is 0.139 e. The highest BCUT2D eigenvalue weighted by molar-refractivity contribution is 9.10. The summed E-state index contributed by atoms with van der Waals surface area (Å²) in [4.78, 5) is 7.82. The van der Waals surface area contributed by atoms with Crippen LogP contribution in [0, 0.1) is 0 Å². The molecule has 3 nitrogen and oxygen atoms in total. The van der Waals surface area contributed by atoms with Crippen LogP contribution in [-0.4, -0.2) is 17.1 Å². The van der Waals surface area contributed by atoms with Gasteiger partial charge in [0.2, 0.25) is 0 Å². The molecule has 0 aliphatic heterocycles. The molecule has 0 amide bonds. The van der Waals surface area contributed by atoms with Gasteiger partial charge in [-0.3, -0.25) is 0 Å². The van der Waals surface area contributed by atoms with Crippen LogP contribution >= 0.6 is 27.5 Å². The molecule has 2 aromatic carbocycles. The molecule has 0 aliphatic rings. The summed E-state index contributed by atoms with van der Waals surface area (Å²) in [5, 5.41) is 0.687. The van der Waals surface area contributed by atoms with Crippen molar-refractivity contribution in [2.24, 2.45) is 0 Å². The third kappa shape index (κ3) is 2.33. The number of aromatic nitrogens is 2. The second-order valence-corrected chi connectivity index (χ2v) is 5.38. The van der Waals surface area contributed by atoms with E-state index in [-0.39, 0.29) is 0 Å².